The van der Waals surface area contributed by atoms with Crippen molar-refractivity contribution >= 4 is 24.8 Å². The lowest BCUT2D eigenvalue weighted by Crippen LogP contribution is -2.65. The Bertz CT molecular complexity index is 1090. The highest BCUT2D eigenvalue weighted by Gasteiger charge is 2.68. The van der Waals surface area contributed by atoms with Crippen molar-refractivity contribution in [1.82, 2.24) is 10.7 Å². The fourth-order valence-electron chi connectivity index (χ4n) is 9.14. The maximum Gasteiger partial charge on any atom is 0.481 e. The number of hydrogen-bond donors (Lipinski definition) is 3. The second kappa shape index (κ2) is 12.1. The number of rotatable bonds is 13. The highest BCUT2D eigenvalue weighted by Crippen LogP contribution is 2.65. The molecule has 5 aliphatic carbocycles. The van der Waals surface area contributed by atoms with Gasteiger partial charge in [-0.1, -0.05) is 39.5 Å². The number of fused-ring (bicyclic) bond motifs is 2. The second-order valence-corrected chi connectivity index (χ2v) is 15.0. The molecule has 42 heavy (non-hydrogen) atoms. The van der Waals surface area contributed by atoms with Gasteiger partial charge in [0.2, 0.25) is 5.91 Å². The molecule has 1 amide bonds. The number of guanidine groups is 1. The summed E-state index contributed by atoms with van der Waals surface area (Å²) in [5.41, 5.74) is 7.26. The van der Waals surface area contributed by atoms with Crippen LogP contribution in [0.4, 0.5) is 0 Å². The Hall–Kier alpha value is -2.21. The van der Waals surface area contributed by atoms with E-state index in [0.29, 0.717) is 48.9 Å². The van der Waals surface area contributed by atoms with Crippen molar-refractivity contribution in [2.24, 2.45) is 57.6 Å². The maximum atomic E-state index is 13.9. The topological polar surface area (TPSA) is 158 Å². The summed E-state index contributed by atoms with van der Waals surface area (Å²) in [7, 11) is -0.527. The number of hydrazine groups is 1. The number of nitro groups is 1. The number of nitrogens with zero attached hydrogens (tertiary/aromatic N) is 2. The average Bonchev–Trinajstić information content (AvgIpc) is 3.62. The Morgan fingerprint density at radius 3 is 2.55 bits per heavy atom. The SMILES string of the molecule is CC(C)C[C@H](NC(=O)[C@H](CCCN=C(N)N[N+](=O)[O-])CC(=O)C1CC2CCC1C2)B1O[C@@H]2C[C@H]3C[C@H](C3(C)C)[C@]2(C)O1. The first kappa shape index (κ1) is 31.2. The molecule has 4 bridgehead atoms. The van der Waals surface area contributed by atoms with E-state index in [-0.39, 0.29) is 59.6 Å². The molecule has 234 valence electrons. The zero-order valence-corrected chi connectivity index (χ0v) is 26.0. The lowest BCUT2D eigenvalue weighted by atomic mass is 9.43. The van der Waals surface area contributed by atoms with Gasteiger partial charge in [0, 0.05) is 24.8 Å². The van der Waals surface area contributed by atoms with Gasteiger partial charge in [0.1, 0.15) is 5.78 Å². The monoisotopic (exact) mass is 587 g/mol. The van der Waals surface area contributed by atoms with E-state index >= 15 is 0 Å². The van der Waals surface area contributed by atoms with E-state index < -0.39 is 18.1 Å². The average molecular weight is 588 g/mol. The van der Waals surface area contributed by atoms with E-state index in [1.165, 1.54) is 6.42 Å². The fraction of sp³-hybridized carbons (Fsp3) is 0.900. The summed E-state index contributed by atoms with van der Waals surface area (Å²) in [5.74, 6) is 1.46. The van der Waals surface area contributed by atoms with E-state index in [1.807, 2.05) is 5.43 Å². The Balaban J connectivity index is 1.26. The molecule has 6 aliphatic rings. The van der Waals surface area contributed by atoms with Gasteiger partial charge < -0.3 is 20.4 Å². The molecule has 12 heteroatoms. The van der Waals surface area contributed by atoms with E-state index in [1.54, 1.807) is 0 Å². The summed E-state index contributed by atoms with van der Waals surface area (Å²) in [6.45, 7) is 11.3. The van der Waals surface area contributed by atoms with Crippen LogP contribution in [0.25, 0.3) is 0 Å². The van der Waals surface area contributed by atoms with Crippen LogP contribution >= 0.6 is 0 Å². The van der Waals surface area contributed by atoms with Crippen LogP contribution < -0.4 is 16.5 Å². The molecule has 0 aromatic carbocycles. The number of aliphatic imine (C=N–C) groups is 1. The number of carbonyl (C=O) groups is 2. The number of carbonyl (C=O) groups excluding carboxylic acids is 2. The molecule has 0 aromatic heterocycles. The fourth-order valence-corrected chi connectivity index (χ4v) is 9.14. The lowest BCUT2D eigenvalue weighted by molar-refractivity contribution is -0.525. The molecule has 6 rings (SSSR count). The Kier molecular flexibility index (Phi) is 8.96. The third-order valence-corrected chi connectivity index (χ3v) is 11.5. The van der Waals surface area contributed by atoms with Crippen molar-refractivity contribution in [2.45, 2.75) is 116 Å². The van der Waals surface area contributed by atoms with Gasteiger partial charge in [0.25, 0.3) is 5.96 Å². The van der Waals surface area contributed by atoms with Crippen molar-refractivity contribution < 1.29 is 23.9 Å². The first-order valence-electron chi connectivity index (χ1n) is 16.1. The molecule has 0 spiro atoms. The number of hydrogen-bond acceptors (Lipinski definition) is 7. The minimum Gasteiger partial charge on any atom is -0.404 e. The minimum atomic E-state index is -0.758. The molecule has 5 saturated carbocycles. The van der Waals surface area contributed by atoms with Gasteiger partial charge in [0.15, 0.2) is 5.03 Å². The highest BCUT2D eigenvalue weighted by atomic mass is 16.7. The van der Waals surface area contributed by atoms with Crippen molar-refractivity contribution in [1.29, 1.82) is 0 Å². The van der Waals surface area contributed by atoms with E-state index in [9.17, 15) is 19.7 Å². The molecular formula is C30H50BN5O6. The summed E-state index contributed by atoms with van der Waals surface area (Å²) in [5, 5.41) is 13.1. The first-order valence-corrected chi connectivity index (χ1v) is 16.1. The number of nitrogens with two attached hydrogens (primary N) is 1. The van der Waals surface area contributed by atoms with Crippen molar-refractivity contribution in [3.8, 4) is 0 Å². The van der Waals surface area contributed by atoms with Crippen molar-refractivity contribution in [3.05, 3.63) is 10.1 Å². The normalized spacial score (nSPS) is 35.9. The number of nitrogens with one attached hydrogen (secondary N) is 2. The van der Waals surface area contributed by atoms with Gasteiger partial charge in [-0.15, -0.1) is 0 Å². The van der Waals surface area contributed by atoms with E-state index in [2.05, 4.69) is 44.9 Å². The zero-order valence-electron chi connectivity index (χ0n) is 26.0. The summed E-state index contributed by atoms with van der Waals surface area (Å²) in [6, 6.07) is 0. The summed E-state index contributed by atoms with van der Waals surface area (Å²) in [4.78, 5) is 42.0. The number of Topliss-reactive ketones (excluding diaryl/α,β-unsaturated/α-hetero) is 1. The zero-order chi connectivity index (χ0) is 30.4. The van der Waals surface area contributed by atoms with Crippen LogP contribution in [0.3, 0.4) is 0 Å². The third kappa shape index (κ3) is 6.21. The van der Waals surface area contributed by atoms with Gasteiger partial charge in [-0.3, -0.25) is 9.59 Å². The third-order valence-electron chi connectivity index (χ3n) is 11.5. The molecule has 3 unspecified atom stereocenters. The van der Waals surface area contributed by atoms with E-state index in [0.717, 1.165) is 32.1 Å². The predicted octanol–water partition coefficient (Wildman–Crippen LogP) is 3.67. The molecule has 9 atom stereocenters. The minimum absolute atomic E-state index is 0.0251. The Labute approximate surface area is 250 Å². The van der Waals surface area contributed by atoms with Gasteiger partial charge in [-0.05, 0) is 93.3 Å². The van der Waals surface area contributed by atoms with Crippen molar-refractivity contribution in [2.75, 3.05) is 6.54 Å². The Morgan fingerprint density at radius 2 is 1.93 bits per heavy atom. The molecule has 1 saturated heterocycles. The quantitative estimate of drug-likeness (QED) is 0.0736. The molecule has 6 fully saturated rings. The largest absolute Gasteiger partial charge is 0.481 e. The Morgan fingerprint density at radius 1 is 1.17 bits per heavy atom. The second-order valence-electron chi connectivity index (χ2n) is 15.0. The van der Waals surface area contributed by atoms with Crippen LogP contribution in [-0.2, 0) is 18.9 Å². The van der Waals surface area contributed by atoms with Crippen LogP contribution in [0.1, 0.15) is 98.8 Å². The maximum absolute atomic E-state index is 13.9. The van der Waals surface area contributed by atoms with Gasteiger partial charge in [-0.25, -0.2) is 15.1 Å². The van der Waals surface area contributed by atoms with Gasteiger partial charge >= 0.3 is 7.12 Å². The molecule has 11 nitrogen and oxygen atoms in total. The molecule has 1 heterocycles. The molecule has 4 N–H and O–H groups in total. The van der Waals surface area contributed by atoms with Crippen LogP contribution in [0.2, 0.25) is 0 Å². The smallest absolute Gasteiger partial charge is 0.404 e. The van der Waals surface area contributed by atoms with Crippen LogP contribution in [-0.4, -0.2) is 54.0 Å². The molecular weight excluding hydrogens is 537 g/mol. The molecule has 1 aliphatic heterocycles. The summed E-state index contributed by atoms with van der Waals surface area (Å²) in [6.07, 6.45) is 8.40. The number of amides is 1. The molecule has 0 radical (unpaired) electrons. The highest BCUT2D eigenvalue weighted by molar-refractivity contribution is 6.47. The first-order chi connectivity index (χ1) is 19.8. The molecule has 0 aromatic rings. The van der Waals surface area contributed by atoms with E-state index in [4.69, 9.17) is 15.0 Å². The van der Waals surface area contributed by atoms with Crippen LogP contribution in [0.5, 0.6) is 0 Å². The number of ketones is 1. The standard InChI is InChI=1S/C30H50BN5O6/c1-17(2)11-26(31-41-25-16-21-15-24(29(21,3)4)30(25,5)42-31)34-27(38)20(7-6-10-33-28(32)35-36(39)40)14-23(37)22-13-18-8-9-19(22)12-18/h17-22,24-26H,6-16H2,1-5H3,(H,34,38)(H3,32,33,35)/t18?,19?,20-,21-,22?,24-,25-,26+,30+/m1/s1. The van der Waals surface area contributed by atoms with Crippen molar-refractivity contribution in [3.63, 3.8) is 0 Å². The van der Waals surface area contributed by atoms with Gasteiger partial charge in [0.05, 0.1) is 17.6 Å². The predicted molar refractivity (Wildman–Crippen MR) is 159 cm³/mol. The lowest BCUT2D eigenvalue weighted by Gasteiger charge is -2.64. The van der Waals surface area contributed by atoms with Gasteiger partial charge in [-0.2, -0.15) is 0 Å². The summed E-state index contributed by atoms with van der Waals surface area (Å²) < 4.78 is 13.3. The summed E-state index contributed by atoms with van der Waals surface area (Å²) >= 11 is 0. The van der Waals surface area contributed by atoms with Crippen LogP contribution in [0.15, 0.2) is 4.99 Å². The van der Waals surface area contributed by atoms with Crippen LogP contribution in [0, 0.1) is 57.0 Å².